The average Bonchev–Trinajstić information content (AvgIpc) is 1.79. The van der Waals surface area contributed by atoms with Crippen molar-refractivity contribution < 1.29 is 75.7 Å². The molecule has 3 fully saturated rings. The minimum atomic E-state index is -1.84. The maximum absolute atomic E-state index is 15.1. The number of alkyl halides is 3. The number of hydrogen-bond donors (Lipinski definition) is 6. The Hall–Kier alpha value is -5.78. The average molecular weight is 1290 g/mol. The van der Waals surface area contributed by atoms with Crippen LogP contribution in [0.1, 0.15) is 87.6 Å². The molecule has 22 nitrogen and oxygen atoms in total. The number of carbonyl (C=O) groups excluding carboxylic acids is 3. The number of H-pyrrole nitrogens is 2. The maximum atomic E-state index is 15.1. The van der Waals surface area contributed by atoms with E-state index in [2.05, 4.69) is 59.2 Å². The Morgan fingerprint density at radius 1 is 0.706 bits per heavy atom. The van der Waals surface area contributed by atoms with Gasteiger partial charge in [0.2, 0.25) is 26.1 Å². The molecule has 0 saturated carbocycles. The van der Waals surface area contributed by atoms with Crippen LogP contribution in [0.3, 0.4) is 0 Å². The normalized spacial score (nSPS) is 26.6. The van der Waals surface area contributed by atoms with Gasteiger partial charge in [0.1, 0.15) is 18.9 Å². The third-order valence-electron chi connectivity index (χ3n) is 12.5. The Balaban J connectivity index is 0.000000297. The molecule has 5 aromatic rings. The first-order valence-corrected chi connectivity index (χ1v) is 35.8. The van der Waals surface area contributed by atoms with E-state index in [1.165, 1.54) is 61.4 Å². The summed E-state index contributed by atoms with van der Waals surface area (Å²) in [5.74, 6) is -1.26. The number of benzene rings is 2. The van der Waals surface area contributed by atoms with E-state index in [0.29, 0.717) is 18.4 Å². The van der Waals surface area contributed by atoms with Gasteiger partial charge in [-0.15, -0.1) is 11.2 Å². The van der Waals surface area contributed by atoms with Crippen LogP contribution in [0.4, 0.5) is 13.2 Å². The van der Waals surface area contributed by atoms with Crippen molar-refractivity contribution in [3.8, 4) is 5.88 Å². The van der Waals surface area contributed by atoms with E-state index in [9.17, 15) is 37.9 Å². The summed E-state index contributed by atoms with van der Waals surface area (Å²) < 4.78 is 84.5. The number of nitrogens with zero attached hydrogens (tertiary/aromatic N) is 4. The van der Waals surface area contributed by atoms with Crippen LogP contribution in [0.2, 0.25) is 39.3 Å². The molecule has 2 aromatic carbocycles. The molecule has 12 atom stereocenters. The number of rotatable bonds is 14. The molecule has 8 N–H and O–H groups in total. The van der Waals surface area contributed by atoms with Gasteiger partial charge in [-0.1, -0.05) is 69.9 Å². The number of carbonyl (C=O) groups is 3. The first-order chi connectivity index (χ1) is 39.3. The van der Waals surface area contributed by atoms with Gasteiger partial charge in [-0.3, -0.25) is 33.5 Å². The number of aliphatic hydroxyl groups is 3. The summed E-state index contributed by atoms with van der Waals surface area (Å²) in [5.41, 5.74) is -5.31. The number of ether oxygens (including phenoxy) is 6. The number of nitrogens with one attached hydrogen (secondary N) is 2. The maximum Gasteiger partial charge on any atom is 0.339 e. The summed E-state index contributed by atoms with van der Waals surface area (Å²) in [4.78, 5) is 71.9. The topological polar surface area (TPSA) is 313 Å². The second kappa shape index (κ2) is 31.7. The Morgan fingerprint density at radius 2 is 1.15 bits per heavy atom. The summed E-state index contributed by atoms with van der Waals surface area (Å²) >= 11 is 11.9. The van der Waals surface area contributed by atoms with Crippen molar-refractivity contribution in [1.29, 1.82) is 0 Å². The van der Waals surface area contributed by atoms with Gasteiger partial charge in [-0.25, -0.2) is 27.7 Å². The summed E-state index contributed by atoms with van der Waals surface area (Å²) in [6.07, 6.45) is -5.67. The minimum Gasteiger partial charge on any atom is -0.531 e. The number of aliphatic hydroxyl groups excluding tert-OH is 2. The van der Waals surface area contributed by atoms with Crippen LogP contribution >= 0.6 is 35.6 Å². The molecule has 0 bridgehead atoms. The van der Waals surface area contributed by atoms with Crippen LogP contribution in [0, 0.1) is 9.54 Å². The molecule has 8 rings (SSSR count). The number of halogens is 3. The van der Waals surface area contributed by atoms with Gasteiger partial charge in [0.15, 0.2) is 51.3 Å². The number of aromatic amines is 2. The lowest BCUT2D eigenvalue weighted by Gasteiger charge is -2.32. The van der Waals surface area contributed by atoms with E-state index in [1.807, 2.05) is 6.07 Å². The highest BCUT2D eigenvalue weighted by Gasteiger charge is 2.60. The summed E-state index contributed by atoms with van der Waals surface area (Å²) in [5, 5.41) is 26.9. The Morgan fingerprint density at radius 3 is 1.58 bits per heavy atom. The molecule has 0 spiro atoms. The predicted molar refractivity (Wildman–Crippen MR) is 322 cm³/mol. The van der Waals surface area contributed by atoms with Crippen molar-refractivity contribution in [2.45, 2.75) is 171 Å². The second-order valence-corrected chi connectivity index (χ2v) is 35.9. The van der Waals surface area contributed by atoms with Crippen molar-refractivity contribution in [2.24, 2.45) is 0 Å². The molecular formula is C55H78F3N7O15S3Si2. The van der Waals surface area contributed by atoms with Gasteiger partial charge >= 0.3 is 17.9 Å². The van der Waals surface area contributed by atoms with Crippen LogP contribution in [-0.2, 0) is 33.2 Å². The minimum absolute atomic E-state index is 0. The summed E-state index contributed by atoms with van der Waals surface area (Å²) in [7, 11) is -1.80. The standard InChI is InChI=1S/C18H19FN2O4S.C16H19FO5.C10H13FN2O4S.C10H20N2OSSi2.CH4O.H3N/c1-3-12-14(19)18(2,25-15(23)11-7-5-4-6-8-11)16(24-12)21-10-9-13(22)20-17(21)26;1-4-12-13(17)16(3,15(21-12)20-10(2)18)22-14(19)11-8-6-5-7-9-11;1-10(16)7(11)5(4-14)17-8(10)13-3-2-6(15)12-9(13)18;1-15(2,3)13-9-7-8-11-10(12-9)14-16(4,5)6;1-2;/h4-10,12,14,16H,3H2,1-2H3,(H,20,22,26);5-9,12-13,15H,4H2,1-3H3;2-3,5,7-8,14,16H,4H2,1H3,(H,12,15,18);7-8H,1-6H3;2H,1H3;1H3/t12-,14+,16-,18?;12-,13+,15?,16?;5-,7+,8-,10?;;;/m111.../s1. The van der Waals surface area contributed by atoms with Gasteiger partial charge in [0.05, 0.1) is 29.9 Å². The molecule has 0 amide bonds. The molecule has 30 heteroatoms. The van der Waals surface area contributed by atoms with E-state index < -0.39 is 118 Å². The van der Waals surface area contributed by atoms with Crippen molar-refractivity contribution in [3.05, 3.63) is 139 Å². The Kier molecular flexibility index (Phi) is 27.4. The molecular weight excluding hydrogens is 1210 g/mol. The zero-order valence-corrected chi connectivity index (χ0v) is 54.1. The highest BCUT2D eigenvalue weighted by atomic mass is 32.4. The lowest BCUT2D eigenvalue weighted by atomic mass is 9.96. The zero-order valence-electron chi connectivity index (χ0n) is 49.7. The van der Waals surface area contributed by atoms with Gasteiger partial charge < -0.3 is 54.3 Å². The van der Waals surface area contributed by atoms with Crippen molar-refractivity contribution in [1.82, 2.24) is 35.2 Å². The van der Waals surface area contributed by atoms with Gasteiger partial charge in [0, 0.05) is 50.8 Å². The monoisotopic (exact) mass is 1290 g/mol. The van der Waals surface area contributed by atoms with Gasteiger partial charge in [0.25, 0.3) is 11.1 Å². The molecule has 6 heterocycles. The molecule has 3 saturated heterocycles. The lowest BCUT2D eigenvalue weighted by molar-refractivity contribution is -0.203. The number of aromatic nitrogens is 6. The van der Waals surface area contributed by atoms with E-state index in [1.54, 1.807) is 91.9 Å². The van der Waals surface area contributed by atoms with Crippen LogP contribution in [-0.4, -0.2) is 151 Å². The fourth-order valence-electron chi connectivity index (χ4n) is 8.47. The molecule has 0 radical (unpaired) electrons. The SMILES string of the molecule is CC1(O)[C@@H](F)[C@@H](CO)O[C@H]1n1ccc(=O)[nH]c1=S.CC[C@H]1OC(OC(C)=O)C(C)(OC(=O)c2ccccc2)[C@H]1F.CC[C@H]1O[C@@H](n2ccc(=O)[nH]c2=S)C(C)(OC(=O)c2ccccc2)[C@H]1F.CO.C[Si](C)(C)Oc1ccnc(S[Si](C)(C)C)n1.N. The fraction of sp³-hybridized carbons (Fsp3) is 0.509. The van der Waals surface area contributed by atoms with Crippen LogP contribution in [0.25, 0.3) is 0 Å². The van der Waals surface area contributed by atoms with Crippen molar-refractivity contribution in [2.75, 3.05) is 13.7 Å². The molecule has 0 aliphatic carbocycles. The predicted octanol–water partition coefficient (Wildman–Crippen LogP) is 9.08. The Labute approximate surface area is 507 Å². The highest BCUT2D eigenvalue weighted by Crippen LogP contribution is 2.45. The van der Waals surface area contributed by atoms with Gasteiger partial charge in [-0.2, -0.15) is 4.98 Å². The van der Waals surface area contributed by atoms with E-state index in [-0.39, 0.29) is 26.8 Å². The first-order valence-electron chi connectivity index (χ1n) is 26.5. The summed E-state index contributed by atoms with van der Waals surface area (Å²) in [6, 6.07) is 20.9. The molecule has 3 aromatic heterocycles. The van der Waals surface area contributed by atoms with E-state index >= 15 is 4.39 Å². The molecule has 3 aliphatic rings. The smallest absolute Gasteiger partial charge is 0.339 e. The molecule has 470 valence electrons. The highest BCUT2D eigenvalue weighted by molar-refractivity contribution is 8.28. The largest absolute Gasteiger partial charge is 0.531 e. The first kappa shape index (κ1) is 73.5. The van der Waals surface area contributed by atoms with Crippen LogP contribution < -0.4 is 21.7 Å². The van der Waals surface area contributed by atoms with E-state index in [4.69, 9.17) is 67.5 Å². The molecule has 4 unspecified atom stereocenters. The van der Waals surface area contributed by atoms with Crippen LogP contribution in [0.5, 0.6) is 5.88 Å². The zero-order chi connectivity index (χ0) is 63.1. The number of hydrogen-bond acceptors (Lipinski definition) is 21. The molecule has 85 heavy (non-hydrogen) atoms. The van der Waals surface area contributed by atoms with Crippen molar-refractivity contribution >= 4 is 69.1 Å². The number of esters is 3. The van der Waals surface area contributed by atoms with Crippen LogP contribution in [0.15, 0.2) is 112 Å². The third kappa shape index (κ3) is 19.6. The Bertz CT molecular complexity index is 3180. The van der Waals surface area contributed by atoms with Gasteiger partial charge in [-0.05, 0) is 102 Å². The lowest BCUT2D eigenvalue weighted by Crippen LogP contribution is -2.48. The van der Waals surface area contributed by atoms with E-state index in [0.717, 1.165) is 18.1 Å². The molecule has 3 aliphatic heterocycles. The second-order valence-electron chi connectivity index (χ2n) is 21.6. The summed E-state index contributed by atoms with van der Waals surface area (Å²) in [6.45, 7) is 21.6. The quantitative estimate of drug-likeness (QED) is 0.0198. The third-order valence-corrected chi connectivity index (χ3v) is 17.3. The van der Waals surface area contributed by atoms with Crippen molar-refractivity contribution in [3.63, 3.8) is 0 Å². The fourth-order valence-corrected chi connectivity index (χ4v) is 12.5.